The largest absolute Gasteiger partial charge is 0.481 e. The number of hydrogen-bond acceptors (Lipinski definition) is 5. The van der Waals surface area contributed by atoms with Gasteiger partial charge in [0, 0.05) is 19.2 Å². The van der Waals surface area contributed by atoms with Gasteiger partial charge in [0.15, 0.2) is 0 Å². The highest BCUT2D eigenvalue weighted by Gasteiger charge is 2.37. The van der Waals surface area contributed by atoms with Gasteiger partial charge in [-0.2, -0.15) is 0 Å². The molecular formula is C18H23BrN2O6. The van der Waals surface area contributed by atoms with Gasteiger partial charge in [0.2, 0.25) is 0 Å². The second-order valence-electron chi connectivity index (χ2n) is 7.67. The molecule has 2 rings (SSSR count). The first-order chi connectivity index (χ1) is 12.5. The van der Waals surface area contributed by atoms with Gasteiger partial charge >= 0.3 is 12.1 Å². The number of rotatable bonds is 5. The number of carboxylic acids is 1. The minimum Gasteiger partial charge on any atom is -0.481 e. The van der Waals surface area contributed by atoms with Crippen molar-refractivity contribution in [1.82, 2.24) is 4.90 Å². The van der Waals surface area contributed by atoms with Crippen LogP contribution in [-0.4, -0.2) is 45.7 Å². The quantitative estimate of drug-likeness (QED) is 0.547. The number of ether oxygens (including phenoxy) is 1. The van der Waals surface area contributed by atoms with Gasteiger partial charge in [0.05, 0.1) is 15.3 Å². The standard InChI is InChI=1S/C18H23BrN2O6/c1-18(2,3)27-17(24)20-7-6-12(10-20)13(16(22)23)8-11-4-5-14(19)15(9-11)21(25)26/h4-5,9,12-13H,6-8,10H2,1-3H3,(H,22,23)/t12-,13-/m0/s1. The number of aliphatic carboxylic acids is 1. The van der Waals surface area contributed by atoms with Gasteiger partial charge in [0.1, 0.15) is 5.60 Å². The predicted octanol–water partition coefficient (Wildman–Crippen LogP) is 3.86. The number of hydrogen-bond donors (Lipinski definition) is 1. The predicted molar refractivity (Wildman–Crippen MR) is 102 cm³/mol. The van der Waals surface area contributed by atoms with Crippen molar-refractivity contribution in [3.8, 4) is 0 Å². The lowest BCUT2D eigenvalue weighted by atomic mass is 9.86. The van der Waals surface area contributed by atoms with Crippen LogP contribution in [0.4, 0.5) is 10.5 Å². The summed E-state index contributed by atoms with van der Waals surface area (Å²) in [5.74, 6) is -1.95. The molecule has 0 aliphatic carbocycles. The van der Waals surface area contributed by atoms with E-state index in [9.17, 15) is 24.8 Å². The highest BCUT2D eigenvalue weighted by atomic mass is 79.9. The normalized spacial score (nSPS) is 18.2. The van der Waals surface area contributed by atoms with E-state index in [1.54, 1.807) is 32.9 Å². The third-order valence-corrected chi connectivity index (χ3v) is 5.10. The van der Waals surface area contributed by atoms with Crippen molar-refractivity contribution in [2.75, 3.05) is 13.1 Å². The number of nitrogens with zero attached hydrogens (tertiary/aromatic N) is 2. The highest BCUT2D eigenvalue weighted by Crippen LogP contribution is 2.31. The molecule has 1 aromatic carbocycles. The lowest BCUT2D eigenvalue weighted by Crippen LogP contribution is -2.36. The summed E-state index contributed by atoms with van der Waals surface area (Å²) >= 11 is 3.12. The number of nitro benzene ring substituents is 1. The Morgan fingerprint density at radius 3 is 2.67 bits per heavy atom. The molecule has 2 atom stereocenters. The van der Waals surface area contributed by atoms with Crippen LogP contribution < -0.4 is 0 Å². The van der Waals surface area contributed by atoms with Gasteiger partial charge < -0.3 is 14.7 Å². The first-order valence-corrected chi connectivity index (χ1v) is 9.41. The molecule has 27 heavy (non-hydrogen) atoms. The van der Waals surface area contributed by atoms with Crippen molar-refractivity contribution in [3.05, 3.63) is 38.3 Å². The third-order valence-electron chi connectivity index (χ3n) is 4.43. The topological polar surface area (TPSA) is 110 Å². The molecule has 0 unspecified atom stereocenters. The van der Waals surface area contributed by atoms with Crippen LogP contribution in [0.15, 0.2) is 22.7 Å². The fourth-order valence-corrected chi connectivity index (χ4v) is 3.53. The fraction of sp³-hybridized carbons (Fsp3) is 0.556. The zero-order valence-corrected chi connectivity index (χ0v) is 17.1. The van der Waals surface area contributed by atoms with E-state index in [1.165, 1.54) is 11.0 Å². The lowest BCUT2D eigenvalue weighted by Gasteiger charge is -2.25. The molecule has 0 bridgehead atoms. The van der Waals surface area contributed by atoms with E-state index in [0.717, 1.165) is 0 Å². The summed E-state index contributed by atoms with van der Waals surface area (Å²) in [6, 6.07) is 4.61. The SMILES string of the molecule is CC(C)(C)OC(=O)N1CC[C@H]([C@H](Cc2ccc(Br)c([N+](=O)[O-])c2)C(=O)O)C1. The van der Waals surface area contributed by atoms with Crippen molar-refractivity contribution < 1.29 is 24.4 Å². The van der Waals surface area contributed by atoms with E-state index in [1.807, 2.05) is 0 Å². The van der Waals surface area contributed by atoms with Crippen molar-refractivity contribution in [3.63, 3.8) is 0 Å². The molecule has 8 nitrogen and oxygen atoms in total. The second-order valence-corrected chi connectivity index (χ2v) is 8.52. The Morgan fingerprint density at radius 2 is 2.11 bits per heavy atom. The van der Waals surface area contributed by atoms with E-state index in [2.05, 4.69) is 15.9 Å². The zero-order valence-electron chi connectivity index (χ0n) is 15.5. The summed E-state index contributed by atoms with van der Waals surface area (Å²) in [7, 11) is 0. The van der Waals surface area contributed by atoms with Crippen molar-refractivity contribution in [1.29, 1.82) is 0 Å². The van der Waals surface area contributed by atoms with E-state index in [-0.39, 0.29) is 18.0 Å². The van der Waals surface area contributed by atoms with Gasteiger partial charge in [-0.3, -0.25) is 14.9 Å². The Hall–Kier alpha value is -2.16. The van der Waals surface area contributed by atoms with Gasteiger partial charge in [-0.1, -0.05) is 6.07 Å². The monoisotopic (exact) mass is 442 g/mol. The maximum absolute atomic E-state index is 12.2. The number of carboxylic acid groups (broad SMARTS) is 1. The molecule has 0 aromatic heterocycles. The van der Waals surface area contributed by atoms with Crippen LogP contribution in [0.3, 0.4) is 0 Å². The lowest BCUT2D eigenvalue weighted by molar-refractivity contribution is -0.385. The van der Waals surface area contributed by atoms with E-state index in [0.29, 0.717) is 29.5 Å². The van der Waals surface area contributed by atoms with E-state index >= 15 is 0 Å². The number of carbonyl (C=O) groups excluding carboxylic acids is 1. The summed E-state index contributed by atoms with van der Waals surface area (Å²) in [4.78, 5) is 36.1. The van der Waals surface area contributed by atoms with Crippen LogP contribution in [0.2, 0.25) is 0 Å². The molecule has 0 spiro atoms. The summed E-state index contributed by atoms with van der Waals surface area (Å²) in [5.41, 5.74) is -0.135. The van der Waals surface area contributed by atoms with Crippen LogP contribution in [-0.2, 0) is 16.0 Å². The number of amides is 1. The summed E-state index contributed by atoms with van der Waals surface area (Å²) in [6.07, 6.45) is 0.263. The van der Waals surface area contributed by atoms with Gasteiger partial charge in [-0.15, -0.1) is 0 Å². The van der Waals surface area contributed by atoms with Crippen LogP contribution >= 0.6 is 15.9 Å². The van der Waals surface area contributed by atoms with E-state index in [4.69, 9.17) is 4.74 Å². The van der Waals surface area contributed by atoms with Crippen LogP contribution in [0.25, 0.3) is 0 Å². The van der Waals surface area contributed by atoms with Crippen LogP contribution in [0, 0.1) is 22.0 Å². The average molecular weight is 443 g/mol. The van der Waals surface area contributed by atoms with Crippen molar-refractivity contribution >= 4 is 33.7 Å². The van der Waals surface area contributed by atoms with Crippen LogP contribution in [0.5, 0.6) is 0 Å². The molecule has 0 saturated carbocycles. The molecule has 0 radical (unpaired) electrons. The maximum Gasteiger partial charge on any atom is 0.410 e. The van der Waals surface area contributed by atoms with E-state index < -0.39 is 28.5 Å². The van der Waals surface area contributed by atoms with Gasteiger partial charge in [-0.25, -0.2) is 4.79 Å². The minimum atomic E-state index is -0.975. The molecule has 1 N–H and O–H groups in total. The molecule has 1 saturated heterocycles. The molecule has 1 fully saturated rings. The smallest absolute Gasteiger partial charge is 0.410 e. The summed E-state index contributed by atoms with van der Waals surface area (Å²) in [6.45, 7) is 6.06. The average Bonchev–Trinajstić information content (AvgIpc) is 3.01. The van der Waals surface area contributed by atoms with Crippen LogP contribution in [0.1, 0.15) is 32.8 Å². The molecule has 1 aliphatic heterocycles. The number of likely N-dealkylation sites (tertiary alicyclic amines) is 1. The maximum atomic E-state index is 12.2. The van der Waals surface area contributed by atoms with Crippen molar-refractivity contribution in [2.45, 2.75) is 39.2 Å². The zero-order chi connectivity index (χ0) is 20.4. The minimum absolute atomic E-state index is 0.0987. The molecule has 9 heteroatoms. The Labute approximate surface area is 165 Å². The second kappa shape index (κ2) is 8.24. The molecule has 1 heterocycles. The Morgan fingerprint density at radius 1 is 1.44 bits per heavy atom. The molecule has 1 amide bonds. The number of halogens is 1. The Kier molecular flexibility index (Phi) is 6.46. The molecule has 1 aliphatic rings. The Balaban J connectivity index is 2.11. The number of carbonyl (C=O) groups is 2. The van der Waals surface area contributed by atoms with Crippen molar-refractivity contribution in [2.24, 2.45) is 11.8 Å². The molecule has 1 aromatic rings. The van der Waals surface area contributed by atoms with Gasteiger partial charge in [-0.05, 0) is 67.1 Å². The summed E-state index contributed by atoms with van der Waals surface area (Å²) in [5, 5.41) is 20.7. The van der Waals surface area contributed by atoms with Gasteiger partial charge in [0.25, 0.3) is 5.69 Å². The first kappa shape index (κ1) is 21.1. The third kappa shape index (κ3) is 5.66. The summed E-state index contributed by atoms with van der Waals surface area (Å²) < 4.78 is 5.69. The highest BCUT2D eigenvalue weighted by molar-refractivity contribution is 9.10. The number of nitro groups is 1. The molecular weight excluding hydrogens is 420 g/mol. The number of benzene rings is 1. The fourth-order valence-electron chi connectivity index (χ4n) is 3.14. The Bertz CT molecular complexity index is 746. The first-order valence-electron chi connectivity index (χ1n) is 8.61. The molecule has 148 valence electrons.